The summed E-state index contributed by atoms with van der Waals surface area (Å²) in [5.41, 5.74) is 7.13. The molecule has 2 saturated heterocycles. The summed E-state index contributed by atoms with van der Waals surface area (Å²) in [4.78, 5) is 28.9. The van der Waals surface area contributed by atoms with Crippen LogP contribution >= 0.6 is 24.0 Å². The molecule has 2 fully saturated rings. The summed E-state index contributed by atoms with van der Waals surface area (Å²) in [6, 6.07) is 8.99. The van der Waals surface area contributed by atoms with Crippen molar-refractivity contribution < 1.29 is 18.7 Å². The second-order valence-corrected chi connectivity index (χ2v) is 8.84. The summed E-state index contributed by atoms with van der Waals surface area (Å²) in [7, 11) is 1.51. The molecular weight excluding hydrogens is 496 g/mol. The van der Waals surface area contributed by atoms with Gasteiger partial charge < -0.3 is 26.0 Å². The predicted octanol–water partition coefficient (Wildman–Crippen LogP) is 3.10. The molecule has 2 unspecified atom stereocenters. The van der Waals surface area contributed by atoms with E-state index in [1.165, 1.54) is 25.3 Å². The number of nitrogens with one attached hydrogen (secondary N) is 2. The molecule has 188 valence electrons. The van der Waals surface area contributed by atoms with Gasteiger partial charge in [0.2, 0.25) is 5.91 Å². The number of primary amides is 1. The third-order valence-electron chi connectivity index (χ3n) is 6.04. The quantitative estimate of drug-likeness (QED) is 0.505. The Morgan fingerprint density at radius 3 is 2.49 bits per heavy atom. The van der Waals surface area contributed by atoms with Crippen LogP contribution in [0, 0.1) is 5.82 Å². The minimum absolute atomic E-state index is 0. The van der Waals surface area contributed by atoms with Crippen molar-refractivity contribution in [2.75, 3.05) is 38.6 Å². The normalized spacial score (nSPS) is 19.8. The number of carbonyl (C=O) groups is 2. The summed E-state index contributed by atoms with van der Waals surface area (Å²) in [6.45, 7) is 3.50. The molecule has 0 spiro atoms. The molecule has 2 aromatic rings. The molecule has 2 atom stereocenters. The van der Waals surface area contributed by atoms with Crippen molar-refractivity contribution in [3.05, 3.63) is 64.4 Å². The highest BCUT2D eigenvalue weighted by molar-refractivity contribution is 6.34. The first-order valence-electron chi connectivity index (χ1n) is 11.0. The van der Waals surface area contributed by atoms with Crippen molar-refractivity contribution in [3.8, 4) is 5.75 Å². The van der Waals surface area contributed by atoms with E-state index in [1.807, 2.05) is 4.90 Å². The Bertz CT molecular complexity index is 1090. The Kier molecular flexibility index (Phi) is 8.96. The number of benzene rings is 2. The van der Waals surface area contributed by atoms with Gasteiger partial charge in [-0.05, 0) is 29.8 Å². The van der Waals surface area contributed by atoms with Crippen LogP contribution in [0.15, 0.2) is 42.5 Å². The van der Waals surface area contributed by atoms with Crippen LogP contribution in [0.25, 0.3) is 6.08 Å². The maximum atomic E-state index is 13.2. The number of fused-ring (bicyclic) bond motifs is 2. The van der Waals surface area contributed by atoms with Crippen LogP contribution in [0.2, 0.25) is 5.02 Å². The van der Waals surface area contributed by atoms with Crippen LogP contribution in [0.4, 0.5) is 14.9 Å². The standard InChI is InChI=1S/C24H27ClFN5O3.ClH/c1-34-20-8-16(23(21(25)9-20)29-24(27)33)4-7-22(32)31-18-10-28-11-19(31)14-30(13-18)12-15-2-5-17(26)6-3-15;/h2-9,18-19,28H,10-14H2,1H3,(H3,27,29,33);1H. The fourth-order valence-electron chi connectivity index (χ4n) is 4.58. The molecule has 0 saturated carbocycles. The zero-order valence-electron chi connectivity index (χ0n) is 19.2. The zero-order valence-corrected chi connectivity index (χ0v) is 20.7. The maximum Gasteiger partial charge on any atom is 0.316 e. The molecule has 2 aliphatic rings. The highest BCUT2D eigenvalue weighted by Crippen LogP contribution is 2.32. The number of carbonyl (C=O) groups excluding carboxylic acids is 2. The number of nitrogens with zero attached hydrogens (tertiary/aromatic N) is 2. The van der Waals surface area contributed by atoms with Crippen molar-refractivity contribution in [3.63, 3.8) is 0 Å². The molecule has 2 aromatic carbocycles. The van der Waals surface area contributed by atoms with Crippen LogP contribution < -0.4 is 21.1 Å². The number of ether oxygens (including phenoxy) is 1. The smallest absolute Gasteiger partial charge is 0.316 e. The number of halogens is 3. The lowest BCUT2D eigenvalue weighted by Crippen LogP contribution is -2.68. The molecule has 2 bridgehead atoms. The van der Waals surface area contributed by atoms with Gasteiger partial charge in [0.05, 0.1) is 29.9 Å². The van der Waals surface area contributed by atoms with E-state index >= 15 is 0 Å². The van der Waals surface area contributed by atoms with E-state index in [0.29, 0.717) is 49.7 Å². The Balaban J connectivity index is 0.00000342. The van der Waals surface area contributed by atoms with E-state index in [1.54, 1.807) is 30.3 Å². The summed E-state index contributed by atoms with van der Waals surface area (Å²) < 4.78 is 18.5. The molecule has 4 rings (SSSR count). The van der Waals surface area contributed by atoms with Crippen LogP contribution in [-0.4, -0.2) is 67.1 Å². The fourth-order valence-corrected chi connectivity index (χ4v) is 4.84. The number of amides is 3. The van der Waals surface area contributed by atoms with Gasteiger partial charge in [0, 0.05) is 50.4 Å². The first-order chi connectivity index (χ1) is 16.3. The number of nitrogens with two attached hydrogens (primary N) is 1. The molecule has 4 N–H and O–H groups in total. The van der Waals surface area contributed by atoms with Gasteiger partial charge in [-0.15, -0.1) is 12.4 Å². The number of urea groups is 1. The van der Waals surface area contributed by atoms with Crippen LogP contribution in [-0.2, 0) is 11.3 Å². The average Bonchev–Trinajstić information content (AvgIpc) is 2.79. The minimum atomic E-state index is -0.758. The van der Waals surface area contributed by atoms with Crippen LogP contribution in [0.5, 0.6) is 5.75 Å². The van der Waals surface area contributed by atoms with Gasteiger partial charge >= 0.3 is 6.03 Å². The van der Waals surface area contributed by atoms with E-state index in [0.717, 1.165) is 5.56 Å². The largest absolute Gasteiger partial charge is 0.497 e. The lowest BCUT2D eigenvalue weighted by molar-refractivity contribution is -0.136. The Morgan fingerprint density at radius 1 is 1.23 bits per heavy atom. The summed E-state index contributed by atoms with van der Waals surface area (Å²) in [5.74, 6) is 0.114. The number of hydrogen-bond donors (Lipinski definition) is 3. The molecule has 2 aliphatic heterocycles. The van der Waals surface area contributed by atoms with Crippen LogP contribution in [0.1, 0.15) is 11.1 Å². The topological polar surface area (TPSA) is 99.9 Å². The molecule has 35 heavy (non-hydrogen) atoms. The number of methoxy groups -OCH3 is 1. The summed E-state index contributed by atoms with van der Waals surface area (Å²) in [6.07, 6.45) is 3.09. The van der Waals surface area contributed by atoms with Crippen molar-refractivity contribution in [1.29, 1.82) is 0 Å². The molecule has 11 heteroatoms. The Hall–Kier alpha value is -2.85. The van der Waals surface area contributed by atoms with Gasteiger partial charge in [0.25, 0.3) is 0 Å². The van der Waals surface area contributed by atoms with E-state index in [4.69, 9.17) is 22.1 Å². The second kappa shape index (κ2) is 11.7. The lowest BCUT2D eigenvalue weighted by atomic mass is 10.0. The van der Waals surface area contributed by atoms with E-state index < -0.39 is 6.03 Å². The zero-order chi connectivity index (χ0) is 24.2. The second-order valence-electron chi connectivity index (χ2n) is 8.43. The number of rotatable bonds is 6. The number of anilines is 1. The molecule has 0 aromatic heterocycles. The Labute approximate surface area is 214 Å². The molecular formula is C24H28Cl2FN5O3. The van der Waals surface area contributed by atoms with Crippen LogP contribution in [0.3, 0.4) is 0 Å². The number of piperazine rings is 2. The Morgan fingerprint density at radius 2 is 1.89 bits per heavy atom. The first-order valence-corrected chi connectivity index (χ1v) is 11.3. The lowest BCUT2D eigenvalue weighted by Gasteiger charge is -2.50. The van der Waals surface area contributed by atoms with E-state index in [-0.39, 0.29) is 41.2 Å². The van der Waals surface area contributed by atoms with Crippen molar-refractivity contribution in [1.82, 2.24) is 15.1 Å². The predicted molar refractivity (Wildman–Crippen MR) is 136 cm³/mol. The van der Waals surface area contributed by atoms with Gasteiger partial charge in [-0.2, -0.15) is 0 Å². The average molecular weight is 524 g/mol. The maximum absolute atomic E-state index is 13.2. The number of hydrogen-bond acceptors (Lipinski definition) is 5. The SMILES string of the molecule is COc1cc(Cl)c(NC(N)=O)c(C=CC(=O)N2C3CNCC2CN(Cc2ccc(F)cc2)C3)c1.Cl. The molecule has 3 amide bonds. The van der Waals surface area contributed by atoms with Gasteiger partial charge in [-0.1, -0.05) is 23.7 Å². The molecule has 0 aliphatic carbocycles. The molecule has 2 heterocycles. The minimum Gasteiger partial charge on any atom is -0.497 e. The molecule has 0 radical (unpaired) electrons. The third-order valence-corrected chi connectivity index (χ3v) is 6.34. The first kappa shape index (κ1) is 26.7. The van der Waals surface area contributed by atoms with Gasteiger partial charge in [-0.25, -0.2) is 9.18 Å². The van der Waals surface area contributed by atoms with E-state index in [2.05, 4.69) is 15.5 Å². The summed E-state index contributed by atoms with van der Waals surface area (Å²) >= 11 is 6.28. The summed E-state index contributed by atoms with van der Waals surface area (Å²) in [5, 5.41) is 6.16. The highest BCUT2D eigenvalue weighted by atomic mass is 35.5. The van der Waals surface area contributed by atoms with Crippen molar-refractivity contribution in [2.45, 2.75) is 18.6 Å². The third kappa shape index (κ3) is 6.43. The monoisotopic (exact) mass is 523 g/mol. The van der Waals surface area contributed by atoms with Gasteiger partial charge in [0.1, 0.15) is 11.6 Å². The van der Waals surface area contributed by atoms with Gasteiger partial charge in [-0.3, -0.25) is 9.69 Å². The fraction of sp³-hybridized carbons (Fsp3) is 0.333. The van der Waals surface area contributed by atoms with Crippen molar-refractivity contribution >= 4 is 47.7 Å². The van der Waals surface area contributed by atoms with E-state index in [9.17, 15) is 14.0 Å². The molecule has 8 nitrogen and oxygen atoms in total. The highest BCUT2D eigenvalue weighted by Gasteiger charge is 2.39. The van der Waals surface area contributed by atoms with Gasteiger partial charge in [0.15, 0.2) is 0 Å². The van der Waals surface area contributed by atoms with Crippen molar-refractivity contribution in [2.24, 2.45) is 5.73 Å².